The van der Waals surface area contributed by atoms with Crippen molar-refractivity contribution in [2.45, 2.75) is 6.54 Å². The number of imidazole rings is 1. The Kier molecular flexibility index (Phi) is 8.49. The Bertz CT molecular complexity index is 1710. The summed E-state index contributed by atoms with van der Waals surface area (Å²) in [5, 5.41) is 26.5. The molecule has 5 rings (SSSR count). The molecule has 0 saturated heterocycles. The zero-order valence-corrected chi connectivity index (χ0v) is 22.1. The topological polar surface area (TPSA) is 146 Å². The van der Waals surface area contributed by atoms with Crippen LogP contribution in [0.25, 0.3) is 22.4 Å². The van der Waals surface area contributed by atoms with E-state index >= 15 is 0 Å². The van der Waals surface area contributed by atoms with E-state index in [0.29, 0.717) is 27.4 Å². The van der Waals surface area contributed by atoms with Crippen molar-refractivity contribution in [3.8, 4) is 34.2 Å². The van der Waals surface area contributed by atoms with Gasteiger partial charge in [-0.3, -0.25) is 9.59 Å². The van der Waals surface area contributed by atoms with Gasteiger partial charge in [-0.25, -0.2) is 9.97 Å². The molecule has 5 aromatic rings. The van der Waals surface area contributed by atoms with Crippen molar-refractivity contribution < 1.29 is 19.1 Å². The first-order valence-corrected chi connectivity index (χ1v) is 11.9. The third-order valence-corrected chi connectivity index (χ3v) is 5.92. The maximum atomic E-state index is 12.8. The molecule has 3 aromatic heterocycles. The first kappa shape index (κ1) is 27.9. The number of hydrogen-bond donors (Lipinski definition) is 3. The summed E-state index contributed by atoms with van der Waals surface area (Å²) >= 11 is 6.01. The van der Waals surface area contributed by atoms with Gasteiger partial charge in [-0.15, -0.1) is 12.4 Å². The van der Waals surface area contributed by atoms with Gasteiger partial charge in [0.05, 0.1) is 18.3 Å². The summed E-state index contributed by atoms with van der Waals surface area (Å²) in [6, 6.07) is 18.2. The Balaban J connectivity index is 0.00000370. The van der Waals surface area contributed by atoms with E-state index < -0.39 is 5.91 Å². The van der Waals surface area contributed by atoms with E-state index in [4.69, 9.17) is 16.0 Å². The largest absolute Gasteiger partial charge is 0.507 e. The molecule has 0 radical (unpaired) electrons. The SMILES string of the molecule is Cl.N#Cc1c(-c2cccc(NC(=O)Cn3ccnc3)c2)cc(-c2ccc(Cl)cc2O)nc1NC(=O)c1ccco1. The molecule has 0 aliphatic rings. The Morgan fingerprint density at radius 1 is 1.07 bits per heavy atom. The number of hydrogen-bond acceptors (Lipinski definition) is 7. The van der Waals surface area contributed by atoms with Gasteiger partial charge in [-0.1, -0.05) is 23.7 Å². The molecule has 0 saturated carbocycles. The van der Waals surface area contributed by atoms with Gasteiger partial charge in [-0.05, 0) is 54.1 Å². The number of rotatable bonds is 7. The van der Waals surface area contributed by atoms with E-state index in [1.165, 1.54) is 18.4 Å². The quantitative estimate of drug-likeness (QED) is 0.224. The summed E-state index contributed by atoms with van der Waals surface area (Å²) in [7, 11) is 0. The molecule has 12 heteroatoms. The minimum absolute atomic E-state index is 0. The second-order valence-corrected chi connectivity index (χ2v) is 8.78. The van der Waals surface area contributed by atoms with Crippen LogP contribution >= 0.6 is 24.0 Å². The normalized spacial score (nSPS) is 10.3. The number of benzene rings is 2. The van der Waals surface area contributed by atoms with E-state index in [2.05, 4.69) is 26.7 Å². The fraction of sp³-hybridized carbons (Fsp3) is 0.0357. The van der Waals surface area contributed by atoms with Crippen molar-refractivity contribution >= 4 is 47.3 Å². The number of anilines is 2. The van der Waals surface area contributed by atoms with Crippen LogP contribution < -0.4 is 10.6 Å². The zero-order chi connectivity index (χ0) is 27.4. The van der Waals surface area contributed by atoms with E-state index in [1.807, 2.05) is 0 Å². The van der Waals surface area contributed by atoms with Crippen molar-refractivity contribution in [1.29, 1.82) is 5.26 Å². The second-order valence-electron chi connectivity index (χ2n) is 8.35. The highest BCUT2D eigenvalue weighted by atomic mass is 35.5. The number of carbonyl (C=O) groups is 2. The van der Waals surface area contributed by atoms with Gasteiger partial charge in [0.1, 0.15) is 23.9 Å². The molecule has 0 atom stereocenters. The molecular formula is C28H20Cl2N6O4. The third kappa shape index (κ3) is 6.13. The van der Waals surface area contributed by atoms with E-state index in [0.717, 1.165) is 0 Å². The number of furan rings is 1. The summed E-state index contributed by atoms with van der Waals surface area (Å²) in [6.45, 7) is 0.0753. The molecule has 0 unspecified atom stereocenters. The molecule has 2 aromatic carbocycles. The number of phenolic OH excluding ortho intramolecular Hbond substituents is 1. The van der Waals surface area contributed by atoms with Crippen molar-refractivity contribution in [3.63, 3.8) is 0 Å². The second kappa shape index (κ2) is 12.2. The molecular weight excluding hydrogens is 555 g/mol. The number of nitrogens with one attached hydrogen (secondary N) is 2. The number of nitriles is 1. The van der Waals surface area contributed by atoms with Gasteiger partial charge in [-0.2, -0.15) is 5.26 Å². The lowest BCUT2D eigenvalue weighted by atomic mass is 9.97. The van der Waals surface area contributed by atoms with Crippen molar-refractivity contribution in [1.82, 2.24) is 14.5 Å². The number of aromatic nitrogens is 3. The zero-order valence-electron chi connectivity index (χ0n) is 20.5. The molecule has 0 aliphatic carbocycles. The number of nitrogens with zero attached hydrogens (tertiary/aromatic N) is 4. The predicted octanol–water partition coefficient (Wildman–Crippen LogP) is 5.75. The lowest BCUT2D eigenvalue weighted by Crippen LogP contribution is -2.17. The average molecular weight is 575 g/mol. The van der Waals surface area contributed by atoms with Crippen molar-refractivity contribution in [2.24, 2.45) is 0 Å². The summed E-state index contributed by atoms with van der Waals surface area (Å²) in [5.41, 5.74) is 2.17. The van der Waals surface area contributed by atoms with Crippen LogP contribution in [0.4, 0.5) is 11.5 Å². The molecule has 0 aliphatic heterocycles. The van der Waals surface area contributed by atoms with E-state index in [1.54, 1.807) is 71.8 Å². The van der Waals surface area contributed by atoms with E-state index in [-0.39, 0.29) is 53.4 Å². The Hall–Kier alpha value is -5.11. The van der Waals surface area contributed by atoms with Gasteiger partial charge in [0.2, 0.25) is 5.91 Å². The lowest BCUT2D eigenvalue weighted by molar-refractivity contribution is -0.116. The maximum absolute atomic E-state index is 12.8. The summed E-state index contributed by atoms with van der Waals surface area (Å²) < 4.78 is 6.80. The maximum Gasteiger partial charge on any atom is 0.292 e. The smallest absolute Gasteiger partial charge is 0.292 e. The van der Waals surface area contributed by atoms with Crippen molar-refractivity contribution in [3.05, 3.63) is 102 Å². The number of aromatic hydroxyl groups is 1. The Labute approximate surface area is 239 Å². The molecule has 10 nitrogen and oxygen atoms in total. The van der Waals surface area contributed by atoms with Crippen LogP contribution in [0, 0.1) is 11.3 Å². The number of carbonyl (C=O) groups excluding carboxylic acids is 2. The van der Waals surface area contributed by atoms with Gasteiger partial charge in [0.15, 0.2) is 11.6 Å². The molecule has 2 amide bonds. The van der Waals surface area contributed by atoms with Crippen molar-refractivity contribution in [2.75, 3.05) is 10.6 Å². The molecule has 3 N–H and O–H groups in total. The first-order chi connectivity index (χ1) is 18.9. The highest BCUT2D eigenvalue weighted by Crippen LogP contribution is 2.37. The van der Waals surface area contributed by atoms with Crippen LogP contribution in [-0.2, 0) is 11.3 Å². The summed E-state index contributed by atoms with van der Waals surface area (Å²) in [4.78, 5) is 33.7. The van der Waals surface area contributed by atoms with Gasteiger partial charge >= 0.3 is 0 Å². The molecule has 3 heterocycles. The summed E-state index contributed by atoms with van der Waals surface area (Å²) in [6.07, 6.45) is 6.16. The Morgan fingerprint density at radius 3 is 2.62 bits per heavy atom. The lowest BCUT2D eigenvalue weighted by Gasteiger charge is -2.15. The molecule has 200 valence electrons. The number of halogens is 2. The van der Waals surface area contributed by atoms with Crippen LogP contribution in [0.2, 0.25) is 5.02 Å². The van der Waals surface area contributed by atoms with Gasteiger partial charge in [0, 0.05) is 34.2 Å². The molecule has 0 bridgehead atoms. The van der Waals surface area contributed by atoms with Crippen LogP contribution in [0.1, 0.15) is 16.1 Å². The van der Waals surface area contributed by atoms with Crippen LogP contribution in [0.5, 0.6) is 5.75 Å². The minimum atomic E-state index is -0.604. The van der Waals surface area contributed by atoms with Gasteiger partial charge in [0.25, 0.3) is 5.91 Å². The predicted molar refractivity (Wildman–Crippen MR) is 151 cm³/mol. The number of phenols is 1. The fourth-order valence-corrected chi connectivity index (χ4v) is 4.09. The van der Waals surface area contributed by atoms with Crippen LogP contribution in [-0.4, -0.2) is 31.5 Å². The summed E-state index contributed by atoms with van der Waals surface area (Å²) in [5.74, 6) is -0.999. The standard InChI is InChI=1S/C28H19ClN6O4.ClH/c29-18-6-7-20(24(36)12-18)23-13-21(22(14-30)27(33-23)34-28(38)25-5-2-10-39-25)17-3-1-4-19(11-17)32-26(37)15-35-9-8-31-16-35;/h1-13,16,36H,15H2,(H,32,37)(H,33,34,38);1H. The highest BCUT2D eigenvalue weighted by Gasteiger charge is 2.20. The molecule has 0 spiro atoms. The van der Waals surface area contributed by atoms with Gasteiger partial charge < -0.3 is 24.7 Å². The van der Waals surface area contributed by atoms with Crippen LogP contribution in [0.15, 0.2) is 90.1 Å². The highest BCUT2D eigenvalue weighted by molar-refractivity contribution is 6.30. The minimum Gasteiger partial charge on any atom is -0.507 e. The van der Waals surface area contributed by atoms with Crippen LogP contribution in [0.3, 0.4) is 0 Å². The monoisotopic (exact) mass is 574 g/mol. The average Bonchev–Trinajstić information content (AvgIpc) is 3.63. The fourth-order valence-electron chi connectivity index (χ4n) is 3.92. The number of pyridine rings is 1. The van der Waals surface area contributed by atoms with E-state index in [9.17, 15) is 20.0 Å². The molecule has 0 fully saturated rings. The number of amides is 2. The first-order valence-electron chi connectivity index (χ1n) is 11.6. The molecule has 40 heavy (non-hydrogen) atoms. The Morgan fingerprint density at radius 2 is 1.93 bits per heavy atom. The third-order valence-electron chi connectivity index (χ3n) is 5.69.